The Morgan fingerprint density at radius 2 is 1.96 bits per heavy atom. The molecular formula is C21H22ClN3O. The van der Waals surface area contributed by atoms with Crippen LogP contribution in [0.25, 0.3) is 11.0 Å². The van der Waals surface area contributed by atoms with Gasteiger partial charge in [0.25, 0.3) is 0 Å². The smallest absolute Gasteiger partial charge is 0.227 e. The normalized spacial score (nSPS) is 17.7. The molecule has 2 heterocycles. The number of amides is 1. The number of benzene rings is 2. The molecule has 0 aliphatic carbocycles. The second-order valence-electron chi connectivity index (χ2n) is 7.26. The van der Waals surface area contributed by atoms with E-state index < -0.39 is 0 Å². The average molecular weight is 368 g/mol. The summed E-state index contributed by atoms with van der Waals surface area (Å²) in [6.45, 7) is 6.91. The predicted molar refractivity (Wildman–Crippen MR) is 106 cm³/mol. The number of nitrogens with zero attached hydrogens (tertiary/aromatic N) is 3. The zero-order chi connectivity index (χ0) is 18.4. The summed E-state index contributed by atoms with van der Waals surface area (Å²) in [4.78, 5) is 19.4. The first-order chi connectivity index (χ1) is 12.5. The first kappa shape index (κ1) is 17.1. The Kier molecular flexibility index (Phi) is 4.23. The summed E-state index contributed by atoms with van der Waals surface area (Å²) in [6.07, 6.45) is 0.474. The van der Waals surface area contributed by atoms with Crippen LogP contribution >= 0.6 is 11.6 Å². The van der Waals surface area contributed by atoms with Crippen molar-refractivity contribution in [3.63, 3.8) is 0 Å². The molecule has 1 aliphatic heterocycles. The largest absolute Gasteiger partial charge is 0.325 e. The molecule has 1 fully saturated rings. The van der Waals surface area contributed by atoms with E-state index in [2.05, 4.69) is 24.5 Å². The van der Waals surface area contributed by atoms with Crippen LogP contribution in [0.4, 0.5) is 5.69 Å². The van der Waals surface area contributed by atoms with Crippen molar-refractivity contribution >= 4 is 34.2 Å². The van der Waals surface area contributed by atoms with Crippen molar-refractivity contribution in [2.24, 2.45) is 0 Å². The molecule has 5 heteroatoms. The first-order valence-electron chi connectivity index (χ1n) is 8.99. The fourth-order valence-electron chi connectivity index (χ4n) is 3.77. The van der Waals surface area contributed by atoms with Gasteiger partial charge < -0.3 is 9.47 Å². The third kappa shape index (κ3) is 2.78. The standard InChI is InChI=1S/C21H22ClN3O/c1-13(2)25-19-7-5-4-6-18(19)23-21(25)15-10-20(26)24(12-15)16-9-8-14(3)17(22)11-16/h4-9,11,13,15H,10,12H2,1-3H3. The fourth-order valence-corrected chi connectivity index (χ4v) is 3.95. The maximum Gasteiger partial charge on any atom is 0.227 e. The highest BCUT2D eigenvalue weighted by Crippen LogP contribution is 2.35. The van der Waals surface area contributed by atoms with E-state index in [9.17, 15) is 4.79 Å². The van der Waals surface area contributed by atoms with Gasteiger partial charge in [0.2, 0.25) is 5.91 Å². The van der Waals surface area contributed by atoms with Gasteiger partial charge in [0.1, 0.15) is 5.82 Å². The molecule has 134 valence electrons. The number of fused-ring (bicyclic) bond motifs is 1. The summed E-state index contributed by atoms with van der Waals surface area (Å²) in [7, 11) is 0. The van der Waals surface area contributed by atoms with Crippen LogP contribution < -0.4 is 4.90 Å². The highest BCUT2D eigenvalue weighted by atomic mass is 35.5. The number of aryl methyl sites for hydroxylation is 1. The molecule has 1 aliphatic rings. The Morgan fingerprint density at radius 3 is 2.69 bits per heavy atom. The van der Waals surface area contributed by atoms with E-state index in [1.165, 1.54) is 0 Å². The first-order valence-corrected chi connectivity index (χ1v) is 9.37. The van der Waals surface area contributed by atoms with Crippen LogP contribution in [-0.2, 0) is 4.79 Å². The van der Waals surface area contributed by atoms with E-state index in [4.69, 9.17) is 16.6 Å². The van der Waals surface area contributed by atoms with Gasteiger partial charge in [-0.25, -0.2) is 4.98 Å². The summed E-state index contributed by atoms with van der Waals surface area (Å²) in [5.41, 5.74) is 3.99. The van der Waals surface area contributed by atoms with Gasteiger partial charge in [-0.1, -0.05) is 29.8 Å². The highest BCUT2D eigenvalue weighted by Gasteiger charge is 2.35. The molecule has 1 atom stereocenters. The molecule has 26 heavy (non-hydrogen) atoms. The van der Waals surface area contributed by atoms with E-state index in [0.717, 1.165) is 28.1 Å². The van der Waals surface area contributed by atoms with Gasteiger partial charge >= 0.3 is 0 Å². The van der Waals surface area contributed by atoms with Gasteiger partial charge in [0, 0.05) is 35.6 Å². The molecule has 0 radical (unpaired) electrons. The number of halogens is 1. The Balaban J connectivity index is 1.72. The number of carbonyl (C=O) groups excluding carboxylic acids is 1. The van der Waals surface area contributed by atoms with Crippen LogP contribution in [0.1, 0.15) is 43.6 Å². The molecular weight excluding hydrogens is 346 g/mol. The lowest BCUT2D eigenvalue weighted by Crippen LogP contribution is -2.24. The van der Waals surface area contributed by atoms with Crippen molar-refractivity contribution in [2.75, 3.05) is 11.4 Å². The summed E-state index contributed by atoms with van der Waals surface area (Å²) in [5, 5.41) is 0.688. The SMILES string of the molecule is Cc1ccc(N2CC(c3nc4ccccc4n3C(C)C)CC2=O)cc1Cl. The highest BCUT2D eigenvalue weighted by molar-refractivity contribution is 6.31. The second-order valence-corrected chi connectivity index (χ2v) is 7.67. The zero-order valence-electron chi connectivity index (χ0n) is 15.2. The zero-order valence-corrected chi connectivity index (χ0v) is 16.0. The van der Waals surface area contributed by atoms with Gasteiger partial charge in [0.15, 0.2) is 0 Å². The number of anilines is 1. The van der Waals surface area contributed by atoms with E-state index in [0.29, 0.717) is 18.0 Å². The van der Waals surface area contributed by atoms with E-state index >= 15 is 0 Å². The van der Waals surface area contributed by atoms with Crippen molar-refractivity contribution in [1.82, 2.24) is 9.55 Å². The molecule has 0 N–H and O–H groups in total. The van der Waals surface area contributed by atoms with E-state index in [1.54, 1.807) is 0 Å². The number of aromatic nitrogens is 2. The van der Waals surface area contributed by atoms with Crippen LogP contribution in [-0.4, -0.2) is 22.0 Å². The molecule has 1 aromatic heterocycles. The average Bonchev–Trinajstić information content (AvgIpc) is 3.18. The van der Waals surface area contributed by atoms with E-state index in [1.807, 2.05) is 48.2 Å². The number of para-hydroxylation sites is 2. The Bertz CT molecular complexity index is 992. The van der Waals surface area contributed by atoms with Gasteiger partial charge in [-0.15, -0.1) is 0 Å². The molecule has 4 rings (SSSR count). The summed E-state index contributed by atoms with van der Waals surface area (Å²) in [5.74, 6) is 1.20. The van der Waals surface area contributed by atoms with Gasteiger partial charge in [0.05, 0.1) is 11.0 Å². The van der Waals surface area contributed by atoms with Gasteiger partial charge in [-0.2, -0.15) is 0 Å². The maximum atomic E-state index is 12.7. The minimum atomic E-state index is 0.0809. The maximum absolute atomic E-state index is 12.7. The second kappa shape index (κ2) is 6.44. The minimum Gasteiger partial charge on any atom is -0.325 e. The third-order valence-electron chi connectivity index (χ3n) is 5.10. The molecule has 0 bridgehead atoms. The van der Waals surface area contributed by atoms with Crippen molar-refractivity contribution in [2.45, 2.75) is 39.2 Å². The predicted octanol–water partition coefficient (Wildman–Crippen LogP) is 5.10. The fraction of sp³-hybridized carbons (Fsp3) is 0.333. The lowest BCUT2D eigenvalue weighted by molar-refractivity contribution is -0.117. The van der Waals surface area contributed by atoms with Crippen molar-refractivity contribution in [3.05, 3.63) is 58.9 Å². The van der Waals surface area contributed by atoms with Crippen LogP contribution in [0, 0.1) is 6.92 Å². The summed E-state index contributed by atoms with van der Waals surface area (Å²) in [6, 6.07) is 14.3. The number of imidazole rings is 1. The number of hydrogen-bond donors (Lipinski definition) is 0. The Labute approximate surface area is 158 Å². The lowest BCUT2D eigenvalue weighted by atomic mass is 10.1. The monoisotopic (exact) mass is 367 g/mol. The molecule has 2 aromatic carbocycles. The minimum absolute atomic E-state index is 0.0809. The Morgan fingerprint density at radius 1 is 1.19 bits per heavy atom. The van der Waals surface area contributed by atoms with Crippen LogP contribution in [0.2, 0.25) is 5.02 Å². The van der Waals surface area contributed by atoms with Crippen LogP contribution in [0.15, 0.2) is 42.5 Å². The van der Waals surface area contributed by atoms with Gasteiger partial charge in [-0.05, 0) is 50.6 Å². The molecule has 1 amide bonds. The molecule has 1 saturated heterocycles. The van der Waals surface area contributed by atoms with Crippen molar-refractivity contribution in [3.8, 4) is 0 Å². The Hall–Kier alpha value is -2.33. The molecule has 4 nitrogen and oxygen atoms in total. The number of hydrogen-bond acceptors (Lipinski definition) is 2. The molecule has 0 saturated carbocycles. The molecule has 3 aromatic rings. The summed E-state index contributed by atoms with van der Waals surface area (Å²) < 4.78 is 2.26. The van der Waals surface area contributed by atoms with E-state index in [-0.39, 0.29) is 17.9 Å². The van der Waals surface area contributed by atoms with Gasteiger partial charge in [-0.3, -0.25) is 4.79 Å². The van der Waals surface area contributed by atoms with Crippen LogP contribution in [0.3, 0.4) is 0 Å². The topological polar surface area (TPSA) is 38.1 Å². The van der Waals surface area contributed by atoms with Crippen molar-refractivity contribution in [1.29, 1.82) is 0 Å². The number of carbonyl (C=O) groups is 1. The third-order valence-corrected chi connectivity index (χ3v) is 5.50. The van der Waals surface area contributed by atoms with Crippen LogP contribution in [0.5, 0.6) is 0 Å². The number of rotatable bonds is 3. The van der Waals surface area contributed by atoms with Crippen molar-refractivity contribution < 1.29 is 4.79 Å². The summed E-state index contributed by atoms with van der Waals surface area (Å²) >= 11 is 6.26. The quantitative estimate of drug-likeness (QED) is 0.646. The lowest BCUT2D eigenvalue weighted by Gasteiger charge is -2.19. The molecule has 0 spiro atoms. The molecule has 1 unspecified atom stereocenters.